The van der Waals surface area contributed by atoms with E-state index in [-0.39, 0.29) is 35.4 Å². The molecule has 0 saturated heterocycles. The zero-order valence-corrected chi connectivity index (χ0v) is 12.4. The number of aliphatic carboxylic acids is 1. The van der Waals surface area contributed by atoms with E-state index >= 15 is 0 Å². The van der Waals surface area contributed by atoms with Crippen molar-refractivity contribution in [2.75, 3.05) is 0 Å². The SMILES string of the molecule is Cc1ncc(COP(=O)(O)O)c(CN[C@@H](C=O)C(=O)O)c1O. The average Bonchev–Trinajstić information content (AvgIpc) is 2.41. The molecule has 10 nitrogen and oxygen atoms in total. The first-order valence-corrected chi connectivity index (χ1v) is 7.46. The smallest absolute Gasteiger partial charge is 0.469 e. The third-order valence-electron chi connectivity index (χ3n) is 2.72. The molecule has 11 heteroatoms. The molecule has 122 valence electrons. The normalized spacial score (nSPS) is 12.9. The lowest BCUT2D eigenvalue weighted by molar-refractivity contribution is -0.141. The van der Waals surface area contributed by atoms with Gasteiger partial charge in [0.25, 0.3) is 0 Å². The number of hydrogen-bond acceptors (Lipinski definition) is 7. The summed E-state index contributed by atoms with van der Waals surface area (Å²) < 4.78 is 15.1. The summed E-state index contributed by atoms with van der Waals surface area (Å²) in [6.45, 7) is 0.715. The molecule has 22 heavy (non-hydrogen) atoms. The van der Waals surface area contributed by atoms with Gasteiger partial charge in [-0.3, -0.25) is 19.6 Å². The monoisotopic (exact) mass is 334 g/mol. The highest BCUT2D eigenvalue weighted by molar-refractivity contribution is 7.46. The van der Waals surface area contributed by atoms with Crippen molar-refractivity contribution in [1.82, 2.24) is 10.3 Å². The van der Waals surface area contributed by atoms with Gasteiger partial charge in [0.2, 0.25) is 0 Å². The van der Waals surface area contributed by atoms with Crippen molar-refractivity contribution in [3.63, 3.8) is 0 Å². The Hall–Kier alpha value is -1.84. The number of hydrogen-bond donors (Lipinski definition) is 5. The highest BCUT2D eigenvalue weighted by atomic mass is 31.2. The number of carbonyl (C=O) groups is 2. The summed E-state index contributed by atoms with van der Waals surface area (Å²) in [6.07, 6.45) is 1.41. The molecule has 0 aliphatic carbocycles. The van der Waals surface area contributed by atoms with Gasteiger partial charge in [0, 0.05) is 23.9 Å². The minimum absolute atomic E-state index is 0.133. The fourth-order valence-corrected chi connectivity index (χ4v) is 1.87. The van der Waals surface area contributed by atoms with E-state index in [1.165, 1.54) is 13.1 Å². The number of aromatic nitrogens is 1. The molecule has 1 rings (SSSR count). The van der Waals surface area contributed by atoms with Gasteiger partial charge in [-0.05, 0) is 6.92 Å². The van der Waals surface area contributed by atoms with E-state index < -0.39 is 26.4 Å². The van der Waals surface area contributed by atoms with Crippen LogP contribution in [0, 0.1) is 6.92 Å². The van der Waals surface area contributed by atoms with Gasteiger partial charge in [-0.15, -0.1) is 0 Å². The van der Waals surface area contributed by atoms with Crippen LogP contribution in [-0.2, 0) is 31.8 Å². The first-order chi connectivity index (χ1) is 10.2. The zero-order valence-electron chi connectivity index (χ0n) is 11.5. The number of rotatable bonds is 8. The van der Waals surface area contributed by atoms with Crippen LogP contribution >= 0.6 is 7.82 Å². The largest absolute Gasteiger partial charge is 0.506 e. The van der Waals surface area contributed by atoms with E-state index in [9.17, 15) is 19.3 Å². The van der Waals surface area contributed by atoms with Gasteiger partial charge >= 0.3 is 13.8 Å². The number of aldehydes is 1. The molecule has 0 aromatic carbocycles. The zero-order chi connectivity index (χ0) is 16.9. The fourth-order valence-electron chi connectivity index (χ4n) is 1.57. The maximum Gasteiger partial charge on any atom is 0.469 e. The molecular weight excluding hydrogens is 319 g/mol. The second kappa shape index (κ2) is 7.43. The van der Waals surface area contributed by atoms with E-state index in [2.05, 4.69) is 14.8 Å². The number of nitrogens with zero attached hydrogens (tertiary/aromatic N) is 1. The average molecular weight is 334 g/mol. The summed E-state index contributed by atoms with van der Waals surface area (Å²) in [7, 11) is -4.72. The van der Waals surface area contributed by atoms with Gasteiger partial charge < -0.3 is 24.8 Å². The fraction of sp³-hybridized carbons (Fsp3) is 0.364. The molecule has 0 aliphatic heterocycles. The predicted molar refractivity (Wildman–Crippen MR) is 71.8 cm³/mol. The number of pyridine rings is 1. The Balaban J connectivity index is 2.99. The van der Waals surface area contributed by atoms with E-state index in [1.54, 1.807) is 0 Å². The van der Waals surface area contributed by atoms with Crippen molar-refractivity contribution in [3.8, 4) is 5.75 Å². The molecule has 0 unspecified atom stereocenters. The molecule has 0 spiro atoms. The Morgan fingerprint density at radius 3 is 2.68 bits per heavy atom. The molecule has 0 bridgehead atoms. The Morgan fingerprint density at radius 2 is 2.18 bits per heavy atom. The summed E-state index contributed by atoms with van der Waals surface area (Å²) in [6, 6.07) is -1.48. The molecule has 0 aliphatic rings. The highest BCUT2D eigenvalue weighted by Gasteiger charge is 2.20. The summed E-state index contributed by atoms with van der Waals surface area (Å²) in [5, 5.41) is 21.1. The van der Waals surface area contributed by atoms with Crippen molar-refractivity contribution in [3.05, 3.63) is 23.0 Å². The first-order valence-electron chi connectivity index (χ1n) is 5.93. The standard InChI is InChI=1S/C11H15N2O8P/c1-6-10(15)8(3-13-9(4-14)11(16)17)7(2-12-6)5-21-22(18,19)20/h2,4,9,13,15H,3,5H2,1H3,(H,16,17)(H2,18,19,20)/t9-/m0/s1. The van der Waals surface area contributed by atoms with Gasteiger partial charge in [0.15, 0.2) is 6.04 Å². The van der Waals surface area contributed by atoms with Crippen LogP contribution in [0.15, 0.2) is 6.20 Å². The minimum Gasteiger partial charge on any atom is -0.506 e. The van der Waals surface area contributed by atoms with Crippen LogP contribution in [0.4, 0.5) is 0 Å². The van der Waals surface area contributed by atoms with Crippen LogP contribution in [-0.4, -0.2) is 43.3 Å². The molecular formula is C11H15N2O8P. The van der Waals surface area contributed by atoms with Crippen LogP contribution in [0.5, 0.6) is 5.75 Å². The number of aromatic hydroxyl groups is 1. The molecule has 0 radical (unpaired) electrons. The molecule has 0 amide bonds. The van der Waals surface area contributed by atoms with E-state index in [0.717, 1.165) is 0 Å². The maximum absolute atomic E-state index is 10.7. The second-order valence-electron chi connectivity index (χ2n) is 4.29. The molecule has 0 fully saturated rings. The summed E-state index contributed by atoms with van der Waals surface area (Å²) in [4.78, 5) is 42.6. The van der Waals surface area contributed by atoms with E-state index in [1.807, 2.05) is 0 Å². The number of carbonyl (C=O) groups excluding carboxylic acids is 1. The van der Waals surface area contributed by atoms with Crippen LogP contribution in [0.2, 0.25) is 0 Å². The van der Waals surface area contributed by atoms with Crippen molar-refractivity contribution < 1.29 is 38.7 Å². The Morgan fingerprint density at radius 1 is 1.55 bits per heavy atom. The highest BCUT2D eigenvalue weighted by Crippen LogP contribution is 2.38. The van der Waals surface area contributed by atoms with Gasteiger partial charge in [0.05, 0.1) is 12.3 Å². The predicted octanol–water partition coefficient (Wildman–Crippen LogP) is -0.553. The number of carboxylic acid groups (broad SMARTS) is 1. The molecule has 5 N–H and O–H groups in total. The van der Waals surface area contributed by atoms with Crippen LogP contribution in [0.25, 0.3) is 0 Å². The van der Waals surface area contributed by atoms with Gasteiger partial charge in [0.1, 0.15) is 12.0 Å². The molecule has 1 atom stereocenters. The van der Waals surface area contributed by atoms with Crippen LogP contribution in [0.3, 0.4) is 0 Å². The van der Waals surface area contributed by atoms with Gasteiger partial charge in [-0.2, -0.15) is 0 Å². The summed E-state index contributed by atoms with van der Waals surface area (Å²) in [5.41, 5.74) is 0.512. The van der Waals surface area contributed by atoms with Crippen molar-refractivity contribution in [2.45, 2.75) is 26.1 Å². The second-order valence-corrected chi connectivity index (χ2v) is 5.53. The van der Waals surface area contributed by atoms with Gasteiger partial charge in [-0.1, -0.05) is 0 Å². The number of phosphoric ester groups is 1. The minimum atomic E-state index is -4.72. The Labute approximate surface area is 125 Å². The van der Waals surface area contributed by atoms with Gasteiger partial charge in [-0.25, -0.2) is 4.57 Å². The van der Waals surface area contributed by atoms with Crippen LogP contribution in [0.1, 0.15) is 16.8 Å². The number of carboxylic acids is 1. The Bertz CT molecular complexity index is 614. The lowest BCUT2D eigenvalue weighted by Gasteiger charge is -2.15. The third-order valence-corrected chi connectivity index (χ3v) is 3.18. The molecule has 0 saturated carbocycles. The van der Waals surface area contributed by atoms with E-state index in [4.69, 9.17) is 14.9 Å². The first kappa shape index (κ1) is 18.2. The van der Waals surface area contributed by atoms with Crippen molar-refractivity contribution in [2.24, 2.45) is 0 Å². The number of nitrogens with one attached hydrogen (secondary N) is 1. The summed E-state index contributed by atoms with van der Waals surface area (Å²) >= 11 is 0. The molecule has 1 aromatic rings. The lowest BCUT2D eigenvalue weighted by Crippen LogP contribution is -2.37. The van der Waals surface area contributed by atoms with Crippen molar-refractivity contribution >= 4 is 20.1 Å². The maximum atomic E-state index is 10.7. The third kappa shape index (κ3) is 5.17. The summed E-state index contributed by atoms with van der Waals surface area (Å²) in [5.74, 6) is -1.68. The van der Waals surface area contributed by atoms with Crippen molar-refractivity contribution in [1.29, 1.82) is 0 Å². The topological polar surface area (TPSA) is 166 Å². The number of phosphoric acid groups is 1. The van der Waals surface area contributed by atoms with Crippen LogP contribution < -0.4 is 5.32 Å². The molecule has 1 aromatic heterocycles. The molecule has 1 heterocycles. The number of aryl methyl sites for hydroxylation is 1. The lowest BCUT2D eigenvalue weighted by atomic mass is 10.1. The van der Waals surface area contributed by atoms with E-state index in [0.29, 0.717) is 0 Å². The quantitative estimate of drug-likeness (QED) is 0.236. The Kier molecular flexibility index (Phi) is 6.15.